The van der Waals surface area contributed by atoms with Crippen LogP contribution in [0.15, 0.2) is 24.3 Å². The van der Waals surface area contributed by atoms with Crippen LogP contribution in [0.4, 0.5) is 5.69 Å². The van der Waals surface area contributed by atoms with Gasteiger partial charge in [-0.15, -0.1) is 0 Å². The van der Waals surface area contributed by atoms with E-state index in [2.05, 4.69) is 53.5 Å². The third-order valence-corrected chi connectivity index (χ3v) is 5.88. The molecule has 0 spiro atoms. The number of carboxylic acids is 2. The Bertz CT molecular complexity index is 700. The van der Waals surface area contributed by atoms with Crippen molar-refractivity contribution < 1.29 is 19.8 Å². The zero-order valence-corrected chi connectivity index (χ0v) is 19.0. The molecule has 1 atom stereocenters. The molecule has 0 aliphatic carbocycles. The summed E-state index contributed by atoms with van der Waals surface area (Å²) in [7, 11) is 6.08. The second kappa shape index (κ2) is 12.6. The maximum absolute atomic E-state index is 11.3. The lowest BCUT2D eigenvalue weighted by atomic mass is 10.0. The normalized spacial score (nSPS) is 21.2. The fraction of sp³-hybridized carbons (Fsp3) is 0.636. The highest BCUT2D eigenvalue weighted by atomic mass is 16.4. The summed E-state index contributed by atoms with van der Waals surface area (Å²) >= 11 is 0. The molecule has 1 aliphatic heterocycles. The van der Waals surface area contributed by atoms with Gasteiger partial charge in [-0.2, -0.15) is 0 Å². The number of carbonyl (C=O) groups is 2. The molecule has 0 bridgehead atoms. The molecule has 2 rings (SSSR count). The lowest BCUT2D eigenvalue weighted by Gasteiger charge is -2.35. The van der Waals surface area contributed by atoms with Crippen LogP contribution in [0.25, 0.3) is 0 Å². The molecule has 9 heteroatoms. The second-order valence-electron chi connectivity index (χ2n) is 8.39. The molecule has 1 saturated heterocycles. The topological polar surface area (TPSA) is 99.6 Å². The number of benzene rings is 1. The molecule has 1 unspecified atom stereocenters. The van der Waals surface area contributed by atoms with Crippen molar-refractivity contribution in [2.45, 2.75) is 12.5 Å². The van der Waals surface area contributed by atoms with Crippen molar-refractivity contribution in [2.24, 2.45) is 0 Å². The van der Waals surface area contributed by atoms with Crippen LogP contribution in [0, 0.1) is 0 Å². The minimum Gasteiger partial charge on any atom is -0.480 e. The van der Waals surface area contributed by atoms with E-state index in [4.69, 9.17) is 0 Å². The van der Waals surface area contributed by atoms with Gasteiger partial charge in [0.25, 0.3) is 0 Å². The molecular weight excluding hydrogens is 398 g/mol. The Balaban J connectivity index is 2.13. The van der Waals surface area contributed by atoms with Crippen LogP contribution in [0.1, 0.15) is 5.56 Å². The third-order valence-electron chi connectivity index (χ3n) is 5.88. The number of nitrogens with zero attached hydrogens (tertiary/aromatic N) is 4. The van der Waals surface area contributed by atoms with Gasteiger partial charge in [-0.25, -0.2) is 0 Å². The molecule has 0 saturated carbocycles. The first-order valence-electron chi connectivity index (χ1n) is 10.8. The Morgan fingerprint density at radius 2 is 1.42 bits per heavy atom. The van der Waals surface area contributed by atoms with Crippen LogP contribution in [-0.2, 0) is 16.0 Å². The molecule has 0 aromatic heterocycles. The van der Waals surface area contributed by atoms with Gasteiger partial charge in [0.2, 0.25) is 0 Å². The molecule has 0 amide bonds. The number of hydrogen-bond acceptors (Lipinski definition) is 7. The lowest BCUT2D eigenvalue weighted by Crippen LogP contribution is -2.50. The summed E-state index contributed by atoms with van der Waals surface area (Å²) in [6, 6.07) is 8.70. The van der Waals surface area contributed by atoms with Crippen LogP contribution >= 0.6 is 0 Å². The van der Waals surface area contributed by atoms with Crippen molar-refractivity contribution in [3.8, 4) is 0 Å². The Hall–Kier alpha value is -2.20. The van der Waals surface area contributed by atoms with E-state index >= 15 is 0 Å². The number of carboxylic acid groups (broad SMARTS) is 2. The van der Waals surface area contributed by atoms with Crippen LogP contribution in [0.5, 0.6) is 0 Å². The van der Waals surface area contributed by atoms with Gasteiger partial charge in [-0.05, 0) is 38.2 Å². The quantitative estimate of drug-likeness (QED) is 0.558. The van der Waals surface area contributed by atoms with E-state index in [1.54, 1.807) is 0 Å². The number of rotatable bonds is 7. The summed E-state index contributed by atoms with van der Waals surface area (Å²) in [5.41, 5.74) is 2.34. The van der Waals surface area contributed by atoms with Gasteiger partial charge in [0.05, 0.1) is 13.1 Å². The van der Waals surface area contributed by atoms with Crippen LogP contribution < -0.4 is 5.32 Å². The lowest BCUT2D eigenvalue weighted by molar-refractivity contribution is -0.140. The Morgan fingerprint density at radius 1 is 0.903 bits per heavy atom. The van der Waals surface area contributed by atoms with Gasteiger partial charge in [-0.3, -0.25) is 19.4 Å². The second-order valence-corrected chi connectivity index (χ2v) is 8.39. The van der Waals surface area contributed by atoms with E-state index in [1.165, 1.54) is 5.56 Å². The maximum atomic E-state index is 11.3. The zero-order valence-electron chi connectivity index (χ0n) is 19.0. The molecule has 1 aliphatic rings. The van der Waals surface area contributed by atoms with E-state index < -0.39 is 11.9 Å². The predicted octanol–water partition coefficient (Wildman–Crippen LogP) is 0.290. The van der Waals surface area contributed by atoms with Crippen molar-refractivity contribution >= 4 is 17.6 Å². The Kier molecular flexibility index (Phi) is 10.2. The van der Waals surface area contributed by atoms with Gasteiger partial charge in [0.15, 0.2) is 0 Å². The first-order chi connectivity index (χ1) is 14.8. The van der Waals surface area contributed by atoms with Gasteiger partial charge < -0.3 is 25.3 Å². The average Bonchev–Trinajstić information content (AvgIpc) is 2.72. The molecule has 3 N–H and O–H groups in total. The number of likely N-dealkylation sites (N-methyl/N-ethyl adjacent to an activating group) is 2. The number of nitrogens with one attached hydrogen (secondary N) is 1. The minimum absolute atomic E-state index is 0.0318. The first kappa shape index (κ1) is 25.1. The SMILES string of the molecule is CNc1ccc(CC2CN(C)CCN(CC(=O)O)CCN(CC(=O)O)CCN2C)cc1. The fourth-order valence-electron chi connectivity index (χ4n) is 3.89. The Labute approximate surface area is 185 Å². The van der Waals surface area contributed by atoms with Gasteiger partial charge in [0.1, 0.15) is 0 Å². The van der Waals surface area contributed by atoms with Crippen LogP contribution in [0.3, 0.4) is 0 Å². The van der Waals surface area contributed by atoms with E-state index in [1.807, 2.05) is 16.8 Å². The first-order valence-corrected chi connectivity index (χ1v) is 10.8. The third kappa shape index (κ3) is 9.22. The van der Waals surface area contributed by atoms with Crippen molar-refractivity contribution in [1.29, 1.82) is 0 Å². The van der Waals surface area contributed by atoms with E-state index in [0.29, 0.717) is 26.2 Å². The molecule has 9 nitrogen and oxygen atoms in total. The van der Waals surface area contributed by atoms with Gasteiger partial charge in [-0.1, -0.05) is 12.1 Å². The molecule has 1 aromatic rings. The van der Waals surface area contributed by atoms with E-state index in [0.717, 1.165) is 31.7 Å². The molecule has 174 valence electrons. The summed E-state index contributed by atoms with van der Waals surface area (Å²) in [5.74, 6) is -1.72. The summed E-state index contributed by atoms with van der Waals surface area (Å²) in [4.78, 5) is 30.9. The predicted molar refractivity (Wildman–Crippen MR) is 122 cm³/mol. The van der Waals surface area contributed by atoms with Crippen LogP contribution in [0.2, 0.25) is 0 Å². The van der Waals surface area contributed by atoms with Gasteiger partial charge in [0, 0.05) is 64.6 Å². The molecular formula is C22H37N5O4. The summed E-state index contributed by atoms with van der Waals surface area (Å²) in [6.07, 6.45) is 0.891. The summed E-state index contributed by atoms with van der Waals surface area (Å²) < 4.78 is 0. The highest BCUT2D eigenvalue weighted by Crippen LogP contribution is 2.14. The van der Waals surface area contributed by atoms with Gasteiger partial charge >= 0.3 is 11.9 Å². The number of hydrogen-bond donors (Lipinski definition) is 3. The molecule has 31 heavy (non-hydrogen) atoms. The molecule has 0 radical (unpaired) electrons. The highest BCUT2D eigenvalue weighted by Gasteiger charge is 2.22. The molecule has 1 heterocycles. The van der Waals surface area contributed by atoms with Crippen molar-refractivity contribution in [1.82, 2.24) is 19.6 Å². The minimum atomic E-state index is -0.861. The smallest absolute Gasteiger partial charge is 0.317 e. The highest BCUT2D eigenvalue weighted by molar-refractivity contribution is 5.69. The number of aliphatic carboxylic acids is 2. The standard InChI is InChI=1S/C22H37N5O4/c1-23-19-6-4-18(5-7-19)14-20-15-24(2)8-10-26(16-21(28)29)12-13-27(17-22(30)31)11-9-25(20)3/h4-7,20,23H,8-17H2,1-3H3,(H,28,29)(H,30,31). The van der Waals surface area contributed by atoms with E-state index in [-0.39, 0.29) is 19.1 Å². The average molecular weight is 436 g/mol. The molecule has 1 fully saturated rings. The van der Waals surface area contributed by atoms with Crippen molar-refractivity contribution in [3.05, 3.63) is 29.8 Å². The van der Waals surface area contributed by atoms with Crippen molar-refractivity contribution in [2.75, 3.05) is 85.4 Å². The van der Waals surface area contributed by atoms with Crippen molar-refractivity contribution in [3.63, 3.8) is 0 Å². The van der Waals surface area contributed by atoms with E-state index in [9.17, 15) is 19.8 Å². The zero-order chi connectivity index (χ0) is 22.8. The monoisotopic (exact) mass is 435 g/mol. The largest absolute Gasteiger partial charge is 0.480 e. The maximum Gasteiger partial charge on any atom is 0.317 e. The number of anilines is 1. The molecule has 1 aromatic carbocycles. The fourth-order valence-corrected chi connectivity index (χ4v) is 3.89. The Morgan fingerprint density at radius 3 is 1.94 bits per heavy atom. The summed E-state index contributed by atoms with van der Waals surface area (Å²) in [6.45, 7) is 4.63. The summed E-state index contributed by atoms with van der Waals surface area (Å²) in [5, 5.41) is 21.7. The van der Waals surface area contributed by atoms with Crippen LogP contribution in [-0.4, -0.2) is 128 Å².